The van der Waals surface area contributed by atoms with Gasteiger partial charge < -0.3 is 0 Å². The van der Waals surface area contributed by atoms with Crippen LogP contribution in [-0.2, 0) is 6.54 Å². The van der Waals surface area contributed by atoms with Crippen LogP contribution in [0.1, 0.15) is 11.1 Å². The molecule has 4 rings (SSSR count). The molecule has 3 nitrogen and oxygen atoms in total. The summed E-state index contributed by atoms with van der Waals surface area (Å²) < 4.78 is 2.33. The summed E-state index contributed by atoms with van der Waals surface area (Å²) in [5, 5.41) is 2.70. The summed E-state index contributed by atoms with van der Waals surface area (Å²) in [5.41, 5.74) is 5.08. The van der Waals surface area contributed by atoms with Gasteiger partial charge in [-0.25, -0.2) is 4.98 Å². The van der Waals surface area contributed by atoms with E-state index in [1.54, 1.807) is 10.9 Å². The number of nitrogens with zero attached hydrogens (tertiary/aromatic N) is 2. The summed E-state index contributed by atoms with van der Waals surface area (Å²) in [6.07, 6.45) is 1.63. The normalized spacial score (nSPS) is 11.1. The summed E-state index contributed by atoms with van der Waals surface area (Å²) in [7, 11) is 0. The molecule has 0 atom stereocenters. The molecule has 0 aliphatic heterocycles. The maximum Gasteiger partial charge on any atom is 0.271 e. The molecule has 2 heterocycles. The molecule has 0 fully saturated rings. The fourth-order valence-electron chi connectivity index (χ4n) is 2.78. The predicted octanol–water partition coefficient (Wildman–Crippen LogP) is 5.14. The minimum atomic E-state index is -0.0108. The molecule has 0 aliphatic rings. The Balaban J connectivity index is 1.75. The van der Waals surface area contributed by atoms with E-state index in [2.05, 4.69) is 36.2 Å². The van der Waals surface area contributed by atoms with Crippen molar-refractivity contribution < 1.29 is 0 Å². The molecule has 0 aliphatic carbocycles. The number of hydrogen-bond donors (Lipinski definition) is 0. The van der Waals surface area contributed by atoms with Gasteiger partial charge in [-0.1, -0.05) is 53.6 Å². The topological polar surface area (TPSA) is 34.9 Å². The van der Waals surface area contributed by atoms with Crippen LogP contribution in [0.5, 0.6) is 0 Å². The predicted molar refractivity (Wildman–Crippen MR) is 105 cm³/mol. The average Bonchev–Trinajstić information content (AvgIpc) is 3.05. The average molecular weight is 367 g/mol. The number of aryl methyl sites for hydroxylation is 1. The first-order valence-corrected chi connectivity index (χ1v) is 9.16. The van der Waals surface area contributed by atoms with E-state index in [4.69, 9.17) is 11.6 Å². The molecule has 124 valence electrons. The van der Waals surface area contributed by atoms with E-state index < -0.39 is 0 Å². The van der Waals surface area contributed by atoms with Crippen molar-refractivity contribution >= 4 is 33.2 Å². The van der Waals surface area contributed by atoms with Crippen LogP contribution >= 0.6 is 22.9 Å². The van der Waals surface area contributed by atoms with Crippen LogP contribution in [-0.4, -0.2) is 9.55 Å². The second-order valence-corrected chi connectivity index (χ2v) is 7.31. The lowest BCUT2D eigenvalue weighted by Crippen LogP contribution is -2.20. The molecule has 25 heavy (non-hydrogen) atoms. The number of aromatic nitrogens is 2. The van der Waals surface area contributed by atoms with E-state index in [1.807, 2.05) is 29.6 Å². The Bertz CT molecular complexity index is 1100. The molecule has 0 N–H and O–H groups in total. The number of hydrogen-bond acceptors (Lipinski definition) is 3. The molecular weight excluding hydrogens is 352 g/mol. The van der Waals surface area contributed by atoms with Crippen LogP contribution in [0.15, 0.2) is 65.0 Å². The van der Waals surface area contributed by atoms with Crippen LogP contribution in [0.2, 0.25) is 5.02 Å². The molecule has 0 unspecified atom stereocenters. The Kier molecular flexibility index (Phi) is 4.15. The van der Waals surface area contributed by atoms with Crippen LogP contribution in [0.25, 0.3) is 21.3 Å². The summed E-state index contributed by atoms with van der Waals surface area (Å²) >= 11 is 7.37. The van der Waals surface area contributed by atoms with Gasteiger partial charge in [0.25, 0.3) is 5.56 Å². The Hall–Kier alpha value is -2.43. The van der Waals surface area contributed by atoms with Gasteiger partial charge in [-0.3, -0.25) is 9.36 Å². The minimum Gasteiger partial charge on any atom is -0.294 e. The molecule has 0 saturated heterocycles. The molecule has 5 heteroatoms. The van der Waals surface area contributed by atoms with Crippen molar-refractivity contribution in [2.75, 3.05) is 0 Å². The second kappa shape index (κ2) is 6.47. The first-order chi connectivity index (χ1) is 12.1. The van der Waals surface area contributed by atoms with Crippen molar-refractivity contribution in [3.8, 4) is 11.1 Å². The van der Waals surface area contributed by atoms with Crippen LogP contribution in [0.3, 0.4) is 0 Å². The molecule has 0 amide bonds. The molecule has 2 aromatic carbocycles. The van der Waals surface area contributed by atoms with Gasteiger partial charge in [-0.05, 0) is 30.2 Å². The number of rotatable bonds is 3. The van der Waals surface area contributed by atoms with Gasteiger partial charge in [-0.2, -0.15) is 0 Å². The van der Waals surface area contributed by atoms with Crippen LogP contribution < -0.4 is 5.56 Å². The molecule has 4 aromatic rings. The Morgan fingerprint density at radius 1 is 1.08 bits per heavy atom. The fraction of sp³-hybridized carbons (Fsp3) is 0.100. The standard InChI is InChI=1S/C20H15ClN2OS/c1-13-2-6-15(7-3-13)17-11-25-19-18(17)22-12-23(20(19)24)10-14-4-8-16(21)9-5-14/h2-9,11-12H,10H2,1H3. The van der Waals surface area contributed by atoms with E-state index in [1.165, 1.54) is 16.9 Å². The Labute approximate surface area is 154 Å². The van der Waals surface area contributed by atoms with Gasteiger partial charge in [0.1, 0.15) is 4.70 Å². The maximum absolute atomic E-state index is 12.8. The van der Waals surface area contributed by atoms with E-state index >= 15 is 0 Å². The van der Waals surface area contributed by atoms with Crippen molar-refractivity contribution in [1.82, 2.24) is 9.55 Å². The molecule has 0 radical (unpaired) electrons. The van der Waals surface area contributed by atoms with Gasteiger partial charge in [-0.15, -0.1) is 11.3 Å². The monoisotopic (exact) mass is 366 g/mol. The van der Waals surface area contributed by atoms with Crippen molar-refractivity contribution in [2.24, 2.45) is 0 Å². The highest BCUT2D eigenvalue weighted by molar-refractivity contribution is 7.17. The number of benzene rings is 2. The van der Waals surface area contributed by atoms with E-state index in [-0.39, 0.29) is 5.56 Å². The van der Waals surface area contributed by atoms with E-state index in [0.29, 0.717) is 16.3 Å². The first kappa shape index (κ1) is 16.1. The quantitative estimate of drug-likeness (QED) is 0.503. The molecule has 0 saturated carbocycles. The maximum atomic E-state index is 12.8. The lowest BCUT2D eigenvalue weighted by Gasteiger charge is -2.06. The van der Waals surface area contributed by atoms with Gasteiger partial charge in [0.05, 0.1) is 18.4 Å². The number of fused-ring (bicyclic) bond motifs is 1. The zero-order valence-corrected chi connectivity index (χ0v) is 15.1. The Morgan fingerprint density at radius 3 is 2.52 bits per heavy atom. The highest BCUT2D eigenvalue weighted by atomic mass is 35.5. The van der Waals surface area contributed by atoms with Crippen molar-refractivity contribution in [2.45, 2.75) is 13.5 Å². The fourth-order valence-corrected chi connectivity index (χ4v) is 3.88. The summed E-state index contributed by atoms with van der Waals surface area (Å²) in [5.74, 6) is 0. The minimum absolute atomic E-state index is 0.0108. The smallest absolute Gasteiger partial charge is 0.271 e. The van der Waals surface area contributed by atoms with Gasteiger partial charge in [0.15, 0.2) is 0 Å². The number of halogens is 1. The molecule has 2 aromatic heterocycles. The largest absolute Gasteiger partial charge is 0.294 e. The first-order valence-electron chi connectivity index (χ1n) is 7.90. The van der Waals surface area contributed by atoms with Crippen LogP contribution in [0.4, 0.5) is 0 Å². The third kappa shape index (κ3) is 3.11. The highest BCUT2D eigenvalue weighted by Gasteiger charge is 2.12. The lowest BCUT2D eigenvalue weighted by atomic mass is 10.1. The zero-order valence-electron chi connectivity index (χ0n) is 13.6. The molecule has 0 spiro atoms. The zero-order chi connectivity index (χ0) is 17.4. The summed E-state index contributed by atoms with van der Waals surface area (Å²) in [4.78, 5) is 17.4. The van der Waals surface area contributed by atoms with E-state index in [9.17, 15) is 4.79 Å². The van der Waals surface area contributed by atoms with Gasteiger partial charge >= 0.3 is 0 Å². The lowest BCUT2D eigenvalue weighted by molar-refractivity contribution is 0.750. The van der Waals surface area contributed by atoms with E-state index in [0.717, 1.165) is 22.2 Å². The SMILES string of the molecule is Cc1ccc(-c2csc3c(=O)n(Cc4ccc(Cl)cc4)cnc23)cc1. The summed E-state index contributed by atoms with van der Waals surface area (Å²) in [6, 6.07) is 15.8. The third-order valence-corrected chi connectivity index (χ3v) is 5.38. The Morgan fingerprint density at radius 2 is 1.80 bits per heavy atom. The molecular formula is C20H15ClN2OS. The van der Waals surface area contributed by atoms with Gasteiger partial charge in [0, 0.05) is 16.0 Å². The van der Waals surface area contributed by atoms with Crippen molar-refractivity contribution in [1.29, 1.82) is 0 Å². The third-order valence-electron chi connectivity index (χ3n) is 4.17. The van der Waals surface area contributed by atoms with Crippen molar-refractivity contribution in [3.63, 3.8) is 0 Å². The van der Waals surface area contributed by atoms with Crippen LogP contribution in [0, 0.1) is 6.92 Å². The van der Waals surface area contributed by atoms with Crippen molar-refractivity contribution in [3.05, 3.63) is 86.7 Å². The second-order valence-electron chi connectivity index (χ2n) is 6.00. The number of thiophene rings is 1. The van der Waals surface area contributed by atoms with Gasteiger partial charge in [0.2, 0.25) is 0 Å². The summed E-state index contributed by atoms with van der Waals surface area (Å²) in [6.45, 7) is 2.54. The molecule has 0 bridgehead atoms. The highest BCUT2D eigenvalue weighted by Crippen LogP contribution is 2.30.